The van der Waals surface area contributed by atoms with Crippen molar-refractivity contribution in [1.82, 2.24) is 0 Å². The van der Waals surface area contributed by atoms with Gasteiger partial charge in [0.05, 0.1) is 11.0 Å². The molecule has 5 heteroatoms. The molecular formula is C11H10BrNO3. The number of ether oxygens (including phenoxy) is 2. The lowest BCUT2D eigenvalue weighted by Gasteiger charge is -2.21. The van der Waals surface area contributed by atoms with E-state index in [1.54, 1.807) is 0 Å². The predicted octanol–water partition coefficient (Wildman–Crippen LogP) is 2.36. The van der Waals surface area contributed by atoms with E-state index in [4.69, 9.17) is 9.47 Å². The molecule has 0 aromatic heterocycles. The van der Waals surface area contributed by atoms with Crippen molar-refractivity contribution in [3.05, 3.63) is 21.7 Å². The summed E-state index contributed by atoms with van der Waals surface area (Å²) < 4.78 is 11.9. The summed E-state index contributed by atoms with van der Waals surface area (Å²) in [6.07, 6.45) is 1.53. The Balaban J connectivity index is 2.47. The molecule has 0 atom stereocenters. The molecule has 2 rings (SSSR count). The molecule has 1 heterocycles. The molecule has 0 fully saturated rings. The van der Waals surface area contributed by atoms with E-state index < -0.39 is 0 Å². The number of fused-ring (bicyclic) bond motifs is 1. The summed E-state index contributed by atoms with van der Waals surface area (Å²) in [5.74, 6) is 1.42. The first-order valence-corrected chi connectivity index (χ1v) is 5.64. The molecule has 1 aromatic carbocycles. The summed E-state index contributed by atoms with van der Waals surface area (Å²) in [7, 11) is 0. The van der Waals surface area contributed by atoms with Gasteiger partial charge in [0, 0.05) is 0 Å². The number of carbonyl (C=O) groups excluding carboxylic acids is 1. The average Bonchev–Trinajstić information content (AvgIpc) is 2.32. The zero-order chi connectivity index (χ0) is 11.5. The van der Waals surface area contributed by atoms with Crippen molar-refractivity contribution in [2.24, 2.45) is 4.99 Å². The van der Waals surface area contributed by atoms with Crippen molar-refractivity contribution in [1.29, 1.82) is 0 Å². The van der Waals surface area contributed by atoms with Crippen LogP contribution in [0.5, 0.6) is 11.5 Å². The number of nitrogens with zero attached hydrogens (tertiary/aromatic N) is 1. The molecule has 84 valence electrons. The van der Waals surface area contributed by atoms with Crippen LogP contribution in [-0.2, 0) is 11.3 Å². The van der Waals surface area contributed by atoms with Crippen LogP contribution in [0.2, 0.25) is 0 Å². The molecule has 0 spiro atoms. The highest BCUT2D eigenvalue weighted by Gasteiger charge is 2.19. The van der Waals surface area contributed by atoms with Gasteiger partial charge in [-0.05, 0) is 40.0 Å². The molecule has 0 saturated carbocycles. The van der Waals surface area contributed by atoms with Gasteiger partial charge in [0.25, 0.3) is 0 Å². The molecule has 16 heavy (non-hydrogen) atoms. The van der Waals surface area contributed by atoms with E-state index in [1.165, 1.54) is 6.08 Å². The molecule has 4 nitrogen and oxygen atoms in total. The molecule has 0 bridgehead atoms. The number of halogens is 1. The average molecular weight is 284 g/mol. The topological polar surface area (TPSA) is 47.9 Å². The van der Waals surface area contributed by atoms with E-state index in [1.807, 2.05) is 13.0 Å². The van der Waals surface area contributed by atoms with Crippen LogP contribution in [0.25, 0.3) is 0 Å². The van der Waals surface area contributed by atoms with E-state index in [9.17, 15) is 4.79 Å². The highest BCUT2D eigenvalue weighted by molar-refractivity contribution is 9.10. The van der Waals surface area contributed by atoms with E-state index in [0.29, 0.717) is 25.5 Å². The van der Waals surface area contributed by atoms with Crippen LogP contribution in [0, 0.1) is 6.92 Å². The Morgan fingerprint density at radius 2 is 2.25 bits per heavy atom. The highest BCUT2D eigenvalue weighted by Crippen LogP contribution is 2.41. The van der Waals surface area contributed by atoms with Crippen LogP contribution in [0.4, 0.5) is 0 Å². The van der Waals surface area contributed by atoms with Crippen LogP contribution in [-0.4, -0.2) is 19.3 Å². The minimum Gasteiger partial charge on any atom is -0.486 e. The van der Waals surface area contributed by atoms with Gasteiger partial charge in [-0.15, -0.1) is 0 Å². The molecule has 1 aromatic rings. The molecule has 1 aliphatic rings. The third-order valence-corrected chi connectivity index (χ3v) is 3.40. The van der Waals surface area contributed by atoms with Crippen molar-refractivity contribution in [2.75, 3.05) is 13.2 Å². The number of hydrogen-bond acceptors (Lipinski definition) is 4. The fraction of sp³-hybridized carbons (Fsp3) is 0.364. The summed E-state index contributed by atoms with van der Waals surface area (Å²) in [5, 5.41) is 0. The van der Waals surface area contributed by atoms with Gasteiger partial charge in [0.2, 0.25) is 6.08 Å². The zero-order valence-electron chi connectivity index (χ0n) is 8.75. The molecule has 0 unspecified atom stereocenters. The zero-order valence-corrected chi connectivity index (χ0v) is 10.3. The molecule has 1 aliphatic heterocycles. The minimum atomic E-state index is 0.310. The predicted molar refractivity (Wildman–Crippen MR) is 61.7 cm³/mol. The monoisotopic (exact) mass is 283 g/mol. The molecule has 0 saturated heterocycles. The van der Waals surface area contributed by atoms with Gasteiger partial charge in [-0.2, -0.15) is 0 Å². The first kappa shape index (κ1) is 11.2. The van der Waals surface area contributed by atoms with E-state index in [0.717, 1.165) is 21.3 Å². The standard InChI is InChI=1S/C11H10BrNO3/c1-7-8(5-13-6-14)4-9-11(10(7)12)16-3-2-15-9/h4H,2-3,5H2,1H3. The van der Waals surface area contributed by atoms with E-state index in [-0.39, 0.29) is 0 Å². The lowest BCUT2D eigenvalue weighted by molar-refractivity contribution is 0.170. The molecule has 0 aliphatic carbocycles. The van der Waals surface area contributed by atoms with E-state index in [2.05, 4.69) is 20.9 Å². The third-order valence-electron chi connectivity index (χ3n) is 2.44. The second kappa shape index (κ2) is 4.68. The largest absolute Gasteiger partial charge is 0.486 e. The van der Waals surface area contributed by atoms with Crippen molar-refractivity contribution in [3.8, 4) is 11.5 Å². The van der Waals surface area contributed by atoms with Gasteiger partial charge in [-0.1, -0.05) is 0 Å². The Morgan fingerprint density at radius 1 is 1.50 bits per heavy atom. The summed E-state index contributed by atoms with van der Waals surface area (Å²) in [4.78, 5) is 13.7. The fourth-order valence-electron chi connectivity index (χ4n) is 1.57. The first-order chi connectivity index (χ1) is 7.74. The lowest BCUT2D eigenvalue weighted by Crippen LogP contribution is -2.16. The molecule has 0 N–H and O–H groups in total. The van der Waals surface area contributed by atoms with E-state index >= 15 is 0 Å². The normalized spacial score (nSPS) is 13.1. The van der Waals surface area contributed by atoms with Crippen LogP contribution < -0.4 is 9.47 Å². The van der Waals surface area contributed by atoms with Crippen molar-refractivity contribution >= 4 is 22.0 Å². The summed E-state index contributed by atoms with van der Waals surface area (Å²) in [6.45, 7) is 3.35. The first-order valence-electron chi connectivity index (χ1n) is 4.85. The maximum Gasteiger partial charge on any atom is 0.235 e. The summed E-state index contributed by atoms with van der Waals surface area (Å²) >= 11 is 3.46. The summed E-state index contributed by atoms with van der Waals surface area (Å²) in [5.41, 5.74) is 1.93. The number of rotatable bonds is 2. The maximum absolute atomic E-state index is 10.1. The van der Waals surface area contributed by atoms with Crippen LogP contribution in [0.3, 0.4) is 0 Å². The Bertz CT molecular complexity index is 467. The Labute approximate surface area is 101 Å². The van der Waals surface area contributed by atoms with Gasteiger partial charge >= 0.3 is 0 Å². The van der Waals surface area contributed by atoms with Gasteiger partial charge in [0.15, 0.2) is 11.5 Å². The van der Waals surface area contributed by atoms with Crippen LogP contribution in [0.15, 0.2) is 15.5 Å². The van der Waals surface area contributed by atoms with Crippen molar-refractivity contribution in [2.45, 2.75) is 13.5 Å². The Hall–Kier alpha value is -1.32. The van der Waals surface area contributed by atoms with Crippen molar-refractivity contribution in [3.63, 3.8) is 0 Å². The molecule has 0 radical (unpaired) electrons. The van der Waals surface area contributed by atoms with Gasteiger partial charge < -0.3 is 9.47 Å². The molecule has 0 amide bonds. The van der Waals surface area contributed by atoms with Crippen LogP contribution >= 0.6 is 15.9 Å². The maximum atomic E-state index is 10.1. The van der Waals surface area contributed by atoms with Gasteiger partial charge in [0.1, 0.15) is 13.2 Å². The SMILES string of the molecule is Cc1c(CN=C=O)cc2c(c1Br)OCCO2. The number of benzene rings is 1. The Morgan fingerprint density at radius 3 is 3.00 bits per heavy atom. The second-order valence-corrected chi connectivity index (χ2v) is 4.20. The highest BCUT2D eigenvalue weighted by atomic mass is 79.9. The molecular weight excluding hydrogens is 274 g/mol. The lowest BCUT2D eigenvalue weighted by atomic mass is 10.1. The number of aliphatic imine (C=N–C) groups is 1. The quantitative estimate of drug-likeness (QED) is 0.618. The summed E-state index contributed by atoms with van der Waals surface area (Å²) in [6, 6.07) is 1.86. The second-order valence-electron chi connectivity index (χ2n) is 3.41. The smallest absolute Gasteiger partial charge is 0.235 e. The van der Waals surface area contributed by atoms with Gasteiger partial charge in [-0.25, -0.2) is 9.79 Å². The fourth-order valence-corrected chi connectivity index (χ4v) is 2.13. The third kappa shape index (κ3) is 1.96. The van der Waals surface area contributed by atoms with Crippen molar-refractivity contribution < 1.29 is 14.3 Å². The van der Waals surface area contributed by atoms with Crippen LogP contribution in [0.1, 0.15) is 11.1 Å². The number of hydrogen-bond donors (Lipinski definition) is 0. The minimum absolute atomic E-state index is 0.310. The number of isocyanates is 1. The van der Waals surface area contributed by atoms with Gasteiger partial charge in [-0.3, -0.25) is 0 Å². The Kier molecular flexibility index (Phi) is 3.27.